The first-order chi connectivity index (χ1) is 7.63. The van der Waals surface area contributed by atoms with E-state index in [0.29, 0.717) is 6.42 Å². The van der Waals surface area contributed by atoms with Crippen molar-refractivity contribution in [3.63, 3.8) is 0 Å². The third kappa shape index (κ3) is 4.49. The van der Waals surface area contributed by atoms with Crippen molar-refractivity contribution in [3.8, 4) is 0 Å². The van der Waals surface area contributed by atoms with Gasteiger partial charge in [0.25, 0.3) is 0 Å². The summed E-state index contributed by atoms with van der Waals surface area (Å²) in [5.41, 5.74) is 5.67. The molecule has 0 radical (unpaired) electrons. The van der Waals surface area contributed by atoms with Gasteiger partial charge in [0.1, 0.15) is 0 Å². The Morgan fingerprint density at radius 3 is 2.56 bits per heavy atom. The number of carbonyl (C=O) groups is 1. The molecule has 3 N–H and O–H groups in total. The summed E-state index contributed by atoms with van der Waals surface area (Å²) in [6.45, 7) is 7.26. The summed E-state index contributed by atoms with van der Waals surface area (Å²) in [6.07, 6.45) is 4.62. The van der Waals surface area contributed by atoms with Crippen molar-refractivity contribution in [2.45, 2.75) is 51.6 Å². The minimum absolute atomic E-state index is 0.0213. The molecule has 1 rings (SSSR count). The Bertz CT molecular complexity index is 214. The van der Waals surface area contributed by atoms with E-state index in [1.807, 2.05) is 6.92 Å². The summed E-state index contributed by atoms with van der Waals surface area (Å²) in [5, 5.41) is 2.97. The standard InChI is InChI=1S/C12H25N3O/c1-3-11(13)12(16)14-10(2)9-15-7-5-4-6-8-15/h10-11H,3-9,13H2,1-2H3,(H,14,16). The molecule has 1 aliphatic heterocycles. The first kappa shape index (κ1) is 13.5. The molecule has 16 heavy (non-hydrogen) atoms. The molecule has 4 nitrogen and oxygen atoms in total. The van der Waals surface area contributed by atoms with Gasteiger partial charge in [-0.05, 0) is 39.3 Å². The second-order valence-electron chi connectivity index (χ2n) is 4.79. The van der Waals surface area contributed by atoms with E-state index in [9.17, 15) is 4.79 Å². The molecule has 4 heteroatoms. The number of nitrogens with one attached hydrogen (secondary N) is 1. The fourth-order valence-electron chi connectivity index (χ4n) is 2.11. The van der Waals surface area contributed by atoms with E-state index in [1.165, 1.54) is 32.4 Å². The van der Waals surface area contributed by atoms with Crippen LogP contribution in [-0.4, -0.2) is 42.5 Å². The second-order valence-corrected chi connectivity index (χ2v) is 4.79. The molecule has 0 saturated carbocycles. The van der Waals surface area contributed by atoms with Crippen molar-refractivity contribution in [3.05, 3.63) is 0 Å². The van der Waals surface area contributed by atoms with Gasteiger partial charge in [0.05, 0.1) is 6.04 Å². The molecule has 0 aromatic carbocycles. The molecule has 1 saturated heterocycles. The van der Waals surface area contributed by atoms with E-state index in [1.54, 1.807) is 0 Å². The van der Waals surface area contributed by atoms with Gasteiger partial charge in [-0.1, -0.05) is 13.3 Å². The Labute approximate surface area is 98.6 Å². The van der Waals surface area contributed by atoms with Gasteiger partial charge in [0.15, 0.2) is 0 Å². The monoisotopic (exact) mass is 227 g/mol. The van der Waals surface area contributed by atoms with Crippen LogP contribution in [0.1, 0.15) is 39.5 Å². The van der Waals surface area contributed by atoms with E-state index in [0.717, 1.165) is 6.54 Å². The van der Waals surface area contributed by atoms with Crippen molar-refractivity contribution < 1.29 is 4.79 Å². The Kier molecular flexibility index (Phi) is 5.77. The van der Waals surface area contributed by atoms with Crippen LogP contribution in [0, 0.1) is 0 Å². The zero-order chi connectivity index (χ0) is 12.0. The van der Waals surface area contributed by atoms with Crippen LogP contribution in [0.2, 0.25) is 0 Å². The third-order valence-corrected chi connectivity index (χ3v) is 3.15. The van der Waals surface area contributed by atoms with E-state index in [-0.39, 0.29) is 18.0 Å². The number of nitrogens with zero attached hydrogens (tertiary/aromatic N) is 1. The highest BCUT2D eigenvalue weighted by molar-refractivity contribution is 5.81. The van der Waals surface area contributed by atoms with Gasteiger partial charge in [-0.15, -0.1) is 0 Å². The van der Waals surface area contributed by atoms with E-state index in [2.05, 4.69) is 17.1 Å². The molecule has 2 atom stereocenters. The number of nitrogens with two attached hydrogens (primary N) is 1. The molecule has 0 aromatic rings. The highest BCUT2D eigenvalue weighted by Gasteiger charge is 2.17. The molecule has 0 aliphatic carbocycles. The largest absolute Gasteiger partial charge is 0.351 e. The van der Waals surface area contributed by atoms with E-state index >= 15 is 0 Å². The molecule has 2 unspecified atom stereocenters. The number of rotatable bonds is 5. The molecule has 1 amide bonds. The van der Waals surface area contributed by atoms with Gasteiger partial charge in [0.2, 0.25) is 5.91 Å². The molecular formula is C12H25N3O. The van der Waals surface area contributed by atoms with Crippen LogP contribution in [-0.2, 0) is 4.79 Å². The lowest BCUT2D eigenvalue weighted by Crippen LogP contribution is -2.48. The Hall–Kier alpha value is -0.610. The minimum Gasteiger partial charge on any atom is -0.351 e. The molecule has 0 spiro atoms. The van der Waals surface area contributed by atoms with Crippen LogP contribution in [0.3, 0.4) is 0 Å². The third-order valence-electron chi connectivity index (χ3n) is 3.15. The summed E-state index contributed by atoms with van der Waals surface area (Å²) in [4.78, 5) is 14.0. The zero-order valence-corrected chi connectivity index (χ0v) is 10.5. The first-order valence-corrected chi connectivity index (χ1v) is 6.41. The average Bonchev–Trinajstić information content (AvgIpc) is 2.29. The number of piperidine rings is 1. The second kappa shape index (κ2) is 6.86. The number of amides is 1. The number of hydrogen-bond acceptors (Lipinski definition) is 3. The quantitative estimate of drug-likeness (QED) is 0.727. The number of likely N-dealkylation sites (tertiary alicyclic amines) is 1. The topological polar surface area (TPSA) is 58.4 Å². The van der Waals surface area contributed by atoms with E-state index in [4.69, 9.17) is 5.73 Å². The lowest BCUT2D eigenvalue weighted by Gasteiger charge is -2.29. The maximum Gasteiger partial charge on any atom is 0.237 e. The summed E-state index contributed by atoms with van der Waals surface area (Å²) in [5.74, 6) is -0.0213. The smallest absolute Gasteiger partial charge is 0.237 e. The van der Waals surface area contributed by atoms with Gasteiger partial charge in [-0.25, -0.2) is 0 Å². The SMILES string of the molecule is CCC(N)C(=O)NC(C)CN1CCCCC1. The van der Waals surface area contributed by atoms with Crippen LogP contribution in [0.5, 0.6) is 0 Å². The lowest BCUT2D eigenvalue weighted by atomic mass is 10.1. The molecule has 0 bridgehead atoms. The Morgan fingerprint density at radius 2 is 2.00 bits per heavy atom. The molecule has 94 valence electrons. The molecular weight excluding hydrogens is 202 g/mol. The molecule has 1 heterocycles. The van der Waals surface area contributed by atoms with Gasteiger partial charge in [-0.3, -0.25) is 4.79 Å². The van der Waals surface area contributed by atoms with Crippen LogP contribution in [0.4, 0.5) is 0 Å². The van der Waals surface area contributed by atoms with E-state index < -0.39 is 0 Å². The average molecular weight is 227 g/mol. The Morgan fingerprint density at radius 1 is 1.38 bits per heavy atom. The molecule has 0 aromatic heterocycles. The van der Waals surface area contributed by atoms with Crippen molar-refractivity contribution >= 4 is 5.91 Å². The van der Waals surface area contributed by atoms with Gasteiger partial charge in [0, 0.05) is 12.6 Å². The predicted octanol–water partition coefficient (Wildman–Crippen LogP) is 0.714. The van der Waals surface area contributed by atoms with Crippen molar-refractivity contribution in [1.82, 2.24) is 10.2 Å². The predicted molar refractivity (Wildman–Crippen MR) is 66.2 cm³/mol. The summed E-state index contributed by atoms with van der Waals surface area (Å²) < 4.78 is 0. The fraction of sp³-hybridized carbons (Fsp3) is 0.917. The van der Waals surface area contributed by atoms with Crippen LogP contribution in [0.25, 0.3) is 0 Å². The van der Waals surface area contributed by atoms with Gasteiger partial charge >= 0.3 is 0 Å². The van der Waals surface area contributed by atoms with Gasteiger partial charge < -0.3 is 16.0 Å². The number of hydrogen-bond donors (Lipinski definition) is 2. The van der Waals surface area contributed by atoms with Crippen molar-refractivity contribution in [2.75, 3.05) is 19.6 Å². The van der Waals surface area contributed by atoms with Gasteiger partial charge in [-0.2, -0.15) is 0 Å². The minimum atomic E-state index is -0.358. The highest BCUT2D eigenvalue weighted by atomic mass is 16.2. The van der Waals surface area contributed by atoms with Crippen LogP contribution in [0.15, 0.2) is 0 Å². The Balaban J connectivity index is 2.23. The fourth-order valence-corrected chi connectivity index (χ4v) is 2.11. The summed E-state index contributed by atoms with van der Waals surface area (Å²) in [7, 11) is 0. The maximum absolute atomic E-state index is 11.6. The molecule has 1 aliphatic rings. The van der Waals surface area contributed by atoms with Crippen LogP contribution < -0.4 is 11.1 Å². The lowest BCUT2D eigenvalue weighted by molar-refractivity contribution is -0.123. The van der Waals surface area contributed by atoms with Crippen molar-refractivity contribution in [1.29, 1.82) is 0 Å². The number of carbonyl (C=O) groups excluding carboxylic acids is 1. The highest BCUT2D eigenvalue weighted by Crippen LogP contribution is 2.08. The first-order valence-electron chi connectivity index (χ1n) is 6.41. The maximum atomic E-state index is 11.6. The summed E-state index contributed by atoms with van der Waals surface area (Å²) in [6, 6.07) is -0.160. The van der Waals surface area contributed by atoms with Crippen LogP contribution >= 0.6 is 0 Å². The normalized spacial score (nSPS) is 21.4. The summed E-state index contributed by atoms with van der Waals surface area (Å²) >= 11 is 0. The van der Waals surface area contributed by atoms with Crippen molar-refractivity contribution in [2.24, 2.45) is 5.73 Å². The zero-order valence-electron chi connectivity index (χ0n) is 10.5. The molecule has 1 fully saturated rings.